The van der Waals surface area contributed by atoms with Crippen LogP contribution in [0.2, 0.25) is 0 Å². The molecule has 0 aromatic heterocycles. The third kappa shape index (κ3) is 7.12. The normalized spacial score (nSPS) is 15.4. The Hall–Kier alpha value is -2.18. The van der Waals surface area contributed by atoms with Gasteiger partial charge < -0.3 is 24.8 Å². The molecule has 44 heavy (non-hydrogen) atoms. The molecule has 0 N–H and O–H groups in total. The summed E-state index contributed by atoms with van der Waals surface area (Å²) in [6, 6.07) is 24.7. The van der Waals surface area contributed by atoms with Crippen molar-refractivity contribution < 1.29 is 49.0 Å². The number of allylic oxidation sites excluding steroid dienone is 4. The van der Waals surface area contributed by atoms with Gasteiger partial charge in [0, 0.05) is 5.41 Å². The maximum absolute atomic E-state index is 3.65. The number of rotatable bonds is 1. The van der Waals surface area contributed by atoms with Gasteiger partial charge in [-0.05, 0) is 58.4 Å². The molecule has 0 heterocycles. The first-order valence-electron chi connectivity index (χ1n) is 15.2. The number of halogens is 2. The number of hydrogen-bond acceptors (Lipinski definition) is 0. The minimum Gasteiger partial charge on any atom is -1.00 e. The molecule has 4 aromatic carbocycles. The van der Waals surface area contributed by atoms with Crippen LogP contribution in [0.25, 0.3) is 22.3 Å². The van der Waals surface area contributed by atoms with E-state index in [1.54, 1.807) is 0 Å². The molecule has 0 saturated heterocycles. The molecule has 0 radical (unpaired) electrons. The first kappa shape index (κ1) is 36.3. The van der Waals surface area contributed by atoms with Crippen LogP contribution in [0, 0.1) is 26.8 Å². The summed E-state index contributed by atoms with van der Waals surface area (Å²) in [7, 11) is 0. The van der Waals surface area contributed by atoms with E-state index in [0.29, 0.717) is 0 Å². The van der Waals surface area contributed by atoms with Crippen molar-refractivity contribution in [3.63, 3.8) is 0 Å². The molecular formula is C41H44Cl2Zr-2. The van der Waals surface area contributed by atoms with E-state index in [4.69, 9.17) is 0 Å². The molecule has 228 valence electrons. The summed E-state index contributed by atoms with van der Waals surface area (Å²) >= 11 is 1.51. The molecule has 0 amide bonds. The number of benzene rings is 3. The molecular weight excluding hydrogens is 655 g/mol. The van der Waals surface area contributed by atoms with Crippen LogP contribution in [0.4, 0.5) is 0 Å². The molecule has 7 rings (SSSR count). The fourth-order valence-electron chi connectivity index (χ4n) is 6.92. The third-order valence-corrected chi connectivity index (χ3v) is 9.86. The monoisotopic (exact) mass is 696 g/mol. The Kier molecular flexibility index (Phi) is 11.3. The molecule has 4 aromatic rings. The third-order valence-electron chi connectivity index (χ3n) is 9.15. The van der Waals surface area contributed by atoms with Gasteiger partial charge in [-0.3, -0.25) is 6.08 Å². The van der Waals surface area contributed by atoms with Gasteiger partial charge >= 0.3 is 70.3 Å². The Bertz CT molecular complexity index is 1660. The molecule has 0 fully saturated rings. The zero-order valence-electron chi connectivity index (χ0n) is 27.9. The predicted molar refractivity (Wildman–Crippen MR) is 179 cm³/mol. The average molecular weight is 699 g/mol. The van der Waals surface area contributed by atoms with Crippen molar-refractivity contribution in [1.29, 1.82) is 0 Å². The van der Waals surface area contributed by atoms with E-state index in [1.807, 2.05) is 6.07 Å². The van der Waals surface area contributed by atoms with Crippen molar-refractivity contribution in [2.24, 2.45) is 0 Å². The number of hydrogen-bond donors (Lipinski definition) is 0. The minimum absolute atomic E-state index is 0. The molecule has 0 nitrogen and oxygen atoms in total. The average Bonchev–Trinajstić information content (AvgIpc) is 3.57. The maximum atomic E-state index is 3.65. The molecule has 3 heteroatoms. The van der Waals surface area contributed by atoms with Crippen LogP contribution in [0.1, 0.15) is 104 Å². The van der Waals surface area contributed by atoms with Crippen LogP contribution in [0.5, 0.6) is 0 Å². The van der Waals surface area contributed by atoms with Gasteiger partial charge in [0.05, 0.1) is 0 Å². The fourth-order valence-corrected chi connectivity index (χ4v) is 7.33. The van der Waals surface area contributed by atoms with Crippen molar-refractivity contribution in [3.05, 3.63) is 135 Å². The van der Waals surface area contributed by atoms with E-state index in [0.717, 1.165) is 6.42 Å². The number of fused-ring (bicyclic) bond motifs is 5. The SMILES string of the molecule is CC1=[C-]C(C)(C)c2cc3c(cc21)-c1cc2c(cc1C3)C(C)(C)C=C2C.C[C](=[Zr+2])c1ccccc1.Cc1cc(C)c(C)[cH-]1.[Cl-].[Cl-]. The molecule has 3 aliphatic rings. The van der Waals surface area contributed by atoms with E-state index in [9.17, 15) is 0 Å². The van der Waals surface area contributed by atoms with Crippen LogP contribution >= 0.6 is 0 Å². The van der Waals surface area contributed by atoms with Crippen molar-refractivity contribution in [1.82, 2.24) is 0 Å². The maximum Gasteiger partial charge on any atom is -0.0632 e. The van der Waals surface area contributed by atoms with Crippen LogP contribution in [0.3, 0.4) is 0 Å². The van der Waals surface area contributed by atoms with Gasteiger partial charge in [-0.1, -0.05) is 79.0 Å². The van der Waals surface area contributed by atoms with Crippen LogP contribution in [0.15, 0.2) is 72.8 Å². The van der Waals surface area contributed by atoms with Crippen LogP contribution in [-0.2, 0) is 41.5 Å². The Morgan fingerprint density at radius 3 is 1.80 bits per heavy atom. The smallest absolute Gasteiger partial charge is 0.0632 e. The van der Waals surface area contributed by atoms with Gasteiger partial charge in [0.25, 0.3) is 0 Å². The van der Waals surface area contributed by atoms with Gasteiger partial charge in [0.15, 0.2) is 0 Å². The fraction of sp³-hybridized carbons (Fsp3) is 0.317. The summed E-state index contributed by atoms with van der Waals surface area (Å²) in [5.41, 5.74) is 20.1. The van der Waals surface area contributed by atoms with Crippen molar-refractivity contribution in [3.8, 4) is 11.1 Å². The Morgan fingerprint density at radius 2 is 1.32 bits per heavy atom. The van der Waals surface area contributed by atoms with E-state index < -0.39 is 0 Å². The van der Waals surface area contributed by atoms with Crippen molar-refractivity contribution >= 4 is 14.4 Å². The Morgan fingerprint density at radius 1 is 0.750 bits per heavy atom. The van der Waals surface area contributed by atoms with Gasteiger partial charge in [-0.15, -0.1) is 11.6 Å². The van der Waals surface area contributed by atoms with E-state index >= 15 is 0 Å². The predicted octanol–water partition coefficient (Wildman–Crippen LogP) is 4.56. The summed E-state index contributed by atoms with van der Waals surface area (Å²) in [5, 5.41) is 0. The minimum atomic E-state index is 0. The summed E-state index contributed by atoms with van der Waals surface area (Å²) < 4.78 is 1.46. The van der Waals surface area contributed by atoms with Crippen LogP contribution in [-0.4, -0.2) is 3.21 Å². The summed E-state index contributed by atoms with van der Waals surface area (Å²) in [4.78, 5) is 0. The summed E-state index contributed by atoms with van der Waals surface area (Å²) in [6.07, 6.45) is 7.13. The van der Waals surface area contributed by atoms with Crippen molar-refractivity contribution in [2.45, 2.75) is 86.5 Å². The topological polar surface area (TPSA) is 0 Å². The molecule has 0 atom stereocenters. The second-order valence-electron chi connectivity index (χ2n) is 13.6. The summed E-state index contributed by atoms with van der Waals surface area (Å²) in [5.74, 6) is 0. The Labute approximate surface area is 293 Å². The quantitative estimate of drug-likeness (QED) is 0.226. The van der Waals surface area contributed by atoms with E-state index in [1.165, 1.54) is 105 Å². The van der Waals surface area contributed by atoms with Crippen LogP contribution < -0.4 is 24.8 Å². The zero-order valence-corrected chi connectivity index (χ0v) is 31.9. The van der Waals surface area contributed by atoms with Crippen molar-refractivity contribution in [2.75, 3.05) is 0 Å². The molecule has 0 bridgehead atoms. The zero-order chi connectivity index (χ0) is 30.6. The van der Waals surface area contributed by atoms with Gasteiger partial charge in [-0.2, -0.15) is 28.3 Å². The van der Waals surface area contributed by atoms with Gasteiger partial charge in [0.2, 0.25) is 0 Å². The molecule has 0 unspecified atom stereocenters. The second kappa shape index (κ2) is 13.7. The molecule has 0 aliphatic heterocycles. The molecule has 0 saturated carbocycles. The standard InChI is InChI=1S/C25H25.C8H11.C8H8.2ClH.Zr/c1-14-12-24(3,4)22-8-16-7-17-9-23-19(15(2)13-25(23,5)6)11-21(17)20(16)10-18(14)22;1-6-4-7(2)8(3)5-6;1-2-8-6-4-3-5-7-8;;;/h8-12H,7H2,1-6H3;4-5H,1-3H3;3-7H,1H3;2*1H;/q2*-1;;;;+2/p-2. The van der Waals surface area contributed by atoms with E-state index in [2.05, 4.69) is 142 Å². The van der Waals surface area contributed by atoms with Gasteiger partial charge in [-0.25, -0.2) is 11.6 Å². The summed E-state index contributed by atoms with van der Waals surface area (Å²) in [6.45, 7) is 22.2. The largest absolute Gasteiger partial charge is 1.00 e. The first-order valence-corrected chi connectivity index (χ1v) is 16.4. The second-order valence-corrected chi connectivity index (χ2v) is 15.4. The Balaban J connectivity index is 0.000000231. The van der Waals surface area contributed by atoms with E-state index in [-0.39, 0.29) is 35.6 Å². The molecule has 3 aliphatic carbocycles. The first-order chi connectivity index (χ1) is 19.7. The van der Waals surface area contributed by atoms with Gasteiger partial charge in [0.1, 0.15) is 0 Å². The molecule has 0 spiro atoms. The number of aryl methyl sites for hydroxylation is 3.